The predicted molar refractivity (Wildman–Crippen MR) is 124 cm³/mol. The van der Waals surface area contributed by atoms with Gasteiger partial charge in [0.1, 0.15) is 29.8 Å². The first-order chi connectivity index (χ1) is 17.9. The highest BCUT2D eigenvalue weighted by Crippen LogP contribution is 2.40. The number of hydrogen-bond acceptors (Lipinski definition) is 8. The molecular weight excluding hydrogens is 520 g/mol. The van der Waals surface area contributed by atoms with E-state index < -0.39 is 36.2 Å². The quantitative estimate of drug-likeness (QED) is 0.371. The number of aliphatic hydroxyl groups is 2. The molecular formula is C24H23F6N5O3. The van der Waals surface area contributed by atoms with Crippen molar-refractivity contribution in [2.45, 2.75) is 38.3 Å². The van der Waals surface area contributed by atoms with E-state index in [-0.39, 0.29) is 48.9 Å². The summed E-state index contributed by atoms with van der Waals surface area (Å²) >= 11 is 0. The van der Waals surface area contributed by atoms with E-state index in [1.807, 2.05) is 0 Å². The van der Waals surface area contributed by atoms with Crippen LogP contribution in [0.3, 0.4) is 0 Å². The molecule has 38 heavy (non-hydrogen) atoms. The monoisotopic (exact) mass is 543 g/mol. The van der Waals surface area contributed by atoms with Crippen molar-refractivity contribution in [2.75, 3.05) is 30.0 Å². The second kappa shape index (κ2) is 10.6. The zero-order chi connectivity index (χ0) is 27.7. The Kier molecular flexibility index (Phi) is 7.65. The van der Waals surface area contributed by atoms with Gasteiger partial charge >= 0.3 is 12.4 Å². The maximum Gasteiger partial charge on any atom is 0.419 e. The molecule has 204 valence electrons. The maximum absolute atomic E-state index is 13.8. The fraction of sp³-hybridized carbons (Fsp3) is 0.375. The van der Waals surface area contributed by atoms with Crippen LogP contribution < -0.4 is 15.0 Å². The van der Waals surface area contributed by atoms with Crippen molar-refractivity contribution in [3.63, 3.8) is 0 Å². The number of aliphatic hydroxyl groups excluding tert-OH is 2. The van der Waals surface area contributed by atoms with Crippen LogP contribution in [-0.2, 0) is 25.3 Å². The van der Waals surface area contributed by atoms with Gasteiger partial charge in [0.15, 0.2) is 0 Å². The second-order valence-electron chi connectivity index (χ2n) is 8.42. The number of fused-ring (bicyclic) bond motifs is 1. The van der Waals surface area contributed by atoms with E-state index in [2.05, 4.69) is 20.3 Å². The summed E-state index contributed by atoms with van der Waals surface area (Å²) < 4.78 is 86.5. The van der Waals surface area contributed by atoms with Crippen molar-refractivity contribution in [1.82, 2.24) is 15.0 Å². The lowest BCUT2D eigenvalue weighted by Gasteiger charge is -2.31. The van der Waals surface area contributed by atoms with Gasteiger partial charge in [0.25, 0.3) is 0 Å². The van der Waals surface area contributed by atoms with Gasteiger partial charge in [-0.3, -0.25) is 0 Å². The number of nitrogens with one attached hydrogen (secondary N) is 1. The minimum absolute atomic E-state index is 0.0269. The van der Waals surface area contributed by atoms with E-state index in [0.29, 0.717) is 17.1 Å². The first kappa shape index (κ1) is 27.4. The number of anilines is 3. The van der Waals surface area contributed by atoms with Crippen LogP contribution in [0.4, 0.5) is 43.7 Å². The third-order valence-corrected chi connectivity index (χ3v) is 5.91. The molecule has 0 amide bonds. The van der Waals surface area contributed by atoms with Gasteiger partial charge in [-0.1, -0.05) is 0 Å². The molecule has 0 saturated heterocycles. The minimum Gasteiger partial charge on any atom is -0.493 e. The molecule has 0 aliphatic carbocycles. The molecule has 4 rings (SSSR count). The summed E-state index contributed by atoms with van der Waals surface area (Å²) in [5, 5.41) is 21.8. The topological polar surface area (TPSA) is 104 Å². The van der Waals surface area contributed by atoms with Crippen LogP contribution >= 0.6 is 0 Å². The molecule has 14 heteroatoms. The van der Waals surface area contributed by atoms with Crippen LogP contribution in [-0.4, -0.2) is 44.9 Å². The van der Waals surface area contributed by atoms with Crippen molar-refractivity contribution < 1.29 is 41.3 Å². The van der Waals surface area contributed by atoms with Crippen molar-refractivity contribution in [1.29, 1.82) is 0 Å². The average molecular weight is 543 g/mol. The van der Waals surface area contributed by atoms with Gasteiger partial charge < -0.3 is 25.2 Å². The highest BCUT2D eigenvalue weighted by atomic mass is 19.4. The lowest BCUT2D eigenvalue weighted by Crippen LogP contribution is -2.34. The Hall–Kier alpha value is -3.65. The van der Waals surface area contributed by atoms with Gasteiger partial charge in [-0.15, -0.1) is 0 Å². The van der Waals surface area contributed by atoms with Crippen LogP contribution in [0.15, 0.2) is 36.8 Å². The molecule has 3 heterocycles. The Bertz CT molecular complexity index is 1300. The third kappa shape index (κ3) is 5.75. The van der Waals surface area contributed by atoms with E-state index in [0.717, 1.165) is 18.3 Å². The third-order valence-electron chi connectivity index (χ3n) is 5.91. The number of nitrogens with zero attached hydrogens (tertiary/aromatic N) is 4. The molecule has 0 bridgehead atoms. The second-order valence-corrected chi connectivity index (χ2v) is 8.42. The number of halogens is 6. The van der Waals surface area contributed by atoms with Gasteiger partial charge in [0, 0.05) is 35.6 Å². The zero-order valence-corrected chi connectivity index (χ0v) is 19.9. The van der Waals surface area contributed by atoms with E-state index >= 15 is 0 Å². The lowest BCUT2D eigenvalue weighted by molar-refractivity contribution is -0.139. The smallest absolute Gasteiger partial charge is 0.419 e. The summed E-state index contributed by atoms with van der Waals surface area (Å²) in [6.45, 7) is 0.909. The minimum atomic E-state index is -4.77. The Balaban J connectivity index is 1.62. The summed E-state index contributed by atoms with van der Waals surface area (Å²) in [7, 11) is 0. The summed E-state index contributed by atoms with van der Waals surface area (Å²) in [5.74, 6) is -0.392. The fourth-order valence-electron chi connectivity index (χ4n) is 4.11. The van der Waals surface area contributed by atoms with Crippen molar-refractivity contribution in [3.05, 3.63) is 64.7 Å². The molecule has 0 saturated carbocycles. The van der Waals surface area contributed by atoms with Gasteiger partial charge in [0.2, 0.25) is 0 Å². The Morgan fingerprint density at radius 3 is 2.45 bits per heavy atom. The Morgan fingerprint density at radius 1 is 1.05 bits per heavy atom. The number of hydrogen-bond donors (Lipinski definition) is 3. The van der Waals surface area contributed by atoms with E-state index in [1.165, 1.54) is 23.4 Å². The number of pyridine rings is 1. The molecule has 1 aromatic carbocycles. The fourth-order valence-corrected chi connectivity index (χ4v) is 4.11. The number of benzene rings is 1. The van der Waals surface area contributed by atoms with E-state index in [9.17, 15) is 31.4 Å². The normalized spacial score (nSPS) is 14.7. The highest BCUT2D eigenvalue weighted by molar-refractivity contribution is 5.64. The highest BCUT2D eigenvalue weighted by Gasteiger charge is 2.38. The van der Waals surface area contributed by atoms with Crippen LogP contribution in [0.5, 0.6) is 5.75 Å². The molecule has 2 aromatic heterocycles. The van der Waals surface area contributed by atoms with Crippen LogP contribution in [0.25, 0.3) is 0 Å². The Labute approximate surface area is 212 Å². The average Bonchev–Trinajstić information content (AvgIpc) is 2.87. The standard InChI is InChI=1S/C24H23F6N5O3/c1-2-38-20-8-14(3-4-16(20)23(25,26)27)34-21-15-5-6-35(10-18(15)32-12-33-21)22-17(24(28,29)30)7-13(9-31-22)19(37)11-36/h3-4,7-9,12,19,36-37H,2,5-6,10-11H2,1H3,(H,32,33,34)/t19-/m1/s1. The molecule has 0 fully saturated rings. The SMILES string of the molecule is CCOc1cc(Nc2ncnc3c2CCN(c2ncc([C@H](O)CO)cc2C(F)(F)F)C3)ccc1C(F)(F)F. The maximum atomic E-state index is 13.8. The largest absolute Gasteiger partial charge is 0.493 e. The van der Waals surface area contributed by atoms with Crippen LogP contribution in [0.1, 0.15) is 41.0 Å². The number of alkyl halides is 6. The van der Waals surface area contributed by atoms with Crippen molar-refractivity contribution in [3.8, 4) is 5.75 Å². The molecule has 8 nitrogen and oxygen atoms in total. The summed E-state index contributed by atoms with van der Waals surface area (Å²) in [5.41, 5.74) is -0.855. The van der Waals surface area contributed by atoms with Gasteiger partial charge in [-0.05, 0) is 31.5 Å². The Morgan fingerprint density at radius 2 is 1.79 bits per heavy atom. The van der Waals surface area contributed by atoms with Gasteiger partial charge in [-0.25, -0.2) is 15.0 Å². The van der Waals surface area contributed by atoms with Gasteiger partial charge in [-0.2, -0.15) is 26.3 Å². The molecule has 3 aromatic rings. The van der Waals surface area contributed by atoms with Crippen molar-refractivity contribution >= 4 is 17.3 Å². The summed E-state index contributed by atoms with van der Waals surface area (Å²) in [6, 6.07) is 4.09. The van der Waals surface area contributed by atoms with Crippen LogP contribution in [0.2, 0.25) is 0 Å². The first-order valence-electron chi connectivity index (χ1n) is 11.5. The molecule has 0 unspecified atom stereocenters. The molecule has 1 atom stereocenters. The lowest BCUT2D eigenvalue weighted by atomic mass is 10.0. The van der Waals surface area contributed by atoms with Crippen LogP contribution in [0, 0.1) is 0 Å². The van der Waals surface area contributed by atoms with E-state index in [4.69, 9.17) is 9.84 Å². The molecule has 3 N–H and O–H groups in total. The number of rotatable bonds is 7. The van der Waals surface area contributed by atoms with Gasteiger partial charge in [0.05, 0.1) is 36.6 Å². The van der Waals surface area contributed by atoms with E-state index in [1.54, 1.807) is 6.92 Å². The molecule has 0 radical (unpaired) electrons. The molecule has 1 aliphatic heterocycles. The predicted octanol–water partition coefficient (Wildman–Crippen LogP) is 4.64. The van der Waals surface area contributed by atoms with Crippen molar-refractivity contribution in [2.24, 2.45) is 0 Å². The number of aromatic nitrogens is 3. The molecule has 1 aliphatic rings. The first-order valence-corrected chi connectivity index (χ1v) is 11.5. The number of ether oxygens (including phenoxy) is 1. The molecule has 0 spiro atoms. The summed E-state index contributed by atoms with van der Waals surface area (Å²) in [6.07, 6.45) is -8.37. The zero-order valence-electron chi connectivity index (χ0n) is 19.9. The summed E-state index contributed by atoms with van der Waals surface area (Å²) in [4.78, 5) is 13.7.